The van der Waals surface area contributed by atoms with Gasteiger partial charge in [0.05, 0.1) is 5.69 Å². The molecule has 94 valence electrons. The molecule has 0 atom stereocenters. The quantitative estimate of drug-likeness (QED) is 0.875. The summed E-state index contributed by atoms with van der Waals surface area (Å²) >= 11 is 3.29. The Morgan fingerprint density at radius 3 is 2.61 bits per heavy atom. The van der Waals surface area contributed by atoms with Crippen LogP contribution in [0.4, 0.5) is 8.78 Å². The van der Waals surface area contributed by atoms with Gasteiger partial charge in [0.1, 0.15) is 4.60 Å². The zero-order valence-electron chi connectivity index (χ0n) is 9.46. The van der Waals surface area contributed by atoms with Gasteiger partial charge < -0.3 is 5.32 Å². The Kier molecular flexibility index (Phi) is 4.38. The molecule has 5 heteroatoms. The fraction of sp³-hybridized carbons (Fsp3) is 0.154. The van der Waals surface area contributed by atoms with Gasteiger partial charge in [-0.05, 0) is 45.8 Å². The van der Waals surface area contributed by atoms with Crippen LogP contribution in [0.5, 0.6) is 0 Å². The zero-order chi connectivity index (χ0) is 13.0. The molecule has 0 saturated carbocycles. The Balaban J connectivity index is 1.90. The van der Waals surface area contributed by atoms with Crippen LogP contribution in [0.2, 0.25) is 0 Å². The smallest absolute Gasteiger partial charge is 0.159 e. The van der Waals surface area contributed by atoms with E-state index in [1.165, 1.54) is 6.07 Å². The lowest BCUT2D eigenvalue weighted by molar-refractivity contribution is 0.506. The van der Waals surface area contributed by atoms with Crippen molar-refractivity contribution in [3.8, 4) is 0 Å². The van der Waals surface area contributed by atoms with Gasteiger partial charge in [-0.3, -0.25) is 0 Å². The van der Waals surface area contributed by atoms with Crippen molar-refractivity contribution in [1.82, 2.24) is 10.3 Å². The van der Waals surface area contributed by atoms with E-state index in [9.17, 15) is 8.78 Å². The average molecular weight is 313 g/mol. The molecule has 1 heterocycles. The van der Waals surface area contributed by atoms with E-state index in [-0.39, 0.29) is 0 Å². The molecule has 0 unspecified atom stereocenters. The van der Waals surface area contributed by atoms with Crippen LogP contribution < -0.4 is 5.32 Å². The van der Waals surface area contributed by atoms with Crippen LogP contribution in [0.1, 0.15) is 11.3 Å². The second kappa shape index (κ2) is 6.02. The standard InChI is InChI=1S/C13H11BrF2N2/c14-13-3-1-2-10(18-13)8-17-7-9-4-5-11(15)12(16)6-9/h1-6,17H,7-8H2. The number of nitrogens with one attached hydrogen (secondary N) is 1. The lowest BCUT2D eigenvalue weighted by Gasteiger charge is -2.05. The van der Waals surface area contributed by atoms with Gasteiger partial charge >= 0.3 is 0 Å². The minimum Gasteiger partial charge on any atom is -0.307 e. The van der Waals surface area contributed by atoms with E-state index in [0.717, 1.165) is 16.4 Å². The van der Waals surface area contributed by atoms with Crippen LogP contribution in [-0.2, 0) is 13.1 Å². The van der Waals surface area contributed by atoms with Gasteiger partial charge in [-0.25, -0.2) is 13.8 Å². The summed E-state index contributed by atoms with van der Waals surface area (Å²) in [4.78, 5) is 4.26. The molecule has 2 nitrogen and oxygen atoms in total. The highest BCUT2D eigenvalue weighted by molar-refractivity contribution is 9.10. The number of pyridine rings is 1. The summed E-state index contributed by atoms with van der Waals surface area (Å²) < 4.78 is 26.5. The van der Waals surface area contributed by atoms with Crippen LogP contribution in [-0.4, -0.2) is 4.98 Å². The summed E-state index contributed by atoms with van der Waals surface area (Å²) in [6.07, 6.45) is 0. The summed E-state index contributed by atoms with van der Waals surface area (Å²) in [6, 6.07) is 9.51. The van der Waals surface area contributed by atoms with E-state index in [0.29, 0.717) is 18.7 Å². The van der Waals surface area contributed by atoms with Gasteiger partial charge in [-0.1, -0.05) is 12.1 Å². The molecule has 0 saturated heterocycles. The van der Waals surface area contributed by atoms with Crippen LogP contribution in [0.15, 0.2) is 41.0 Å². The summed E-state index contributed by atoms with van der Waals surface area (Å²) in [5.41, 5.74) is 1.58. The third kappa shape index (κ3) is 3.58. The minimum atomic E-state index is -0.826. The molecule has 0 fully saturated rings. The van der Waals surface area contributed by atoms with Crippen molar-refractivity contribution in [2.75, 3.05) is 0 Å². The first kappa shape index (κ1) is 13.1. The largest absolute Gasteiger partial charge is 0.307 e. The molecule has 1 aromatic heterocycles. The Hall–Kier alpha value is -1.33. The first-order valence-electron chi connectivity index (χ1n) is 5.41. The lowest BCUT2D eigenvalue weighted by Crippen LogP contribution is -2.13. The van der Waals surface area contributed by atoms with Gasteiger partial charge in [0.2, 0.25) is 0 Å². The van der Waals surface area contributed by atoms with Crippen LogP contribution >= 0.6 is 15.9 Å². The van der Waals surface area contributed by atoms with Crippen molar-refractivity contribution in [3.05, 3.63) is 63.9 Å². The number of hydrogen-bond donors (Lipinski definition) is 1. The number of nitrogens with zero attached hydrogens (tertiary/aromatic N) is 1. The Bertz CT molecular complexity index is 546. The average Bonchev–Trinajstić information content (AvgIpc) is 2.34. The lowest BCUT2D eigenvalue weighted by atomic mass is 10.2. The Morgan fingerprint density at radius 2 is 1.89 bits per heavy atom. The maximum Gasteiger partial charge on any atom is 0.159 e. The minimum absolute atomic E-state index is 0.464. The van der Waals surface area contributed by atoms with Crippen molar-refractivity contribution < 1.29 is 8.78 Å². The van der Waals surface area contributed by atoms with E-state index in [1.807, 2.05) is 18.2 Å². The van der Waals surface area contributed by atoms with Crippen molar-refractivity contribution in [3.63, 3.8) is 0 Å². The molecule has 1 aromatic carbocycles. The van der Waals surface area contributed by atoms with Crippen molar-refractivity contribution in [1.29, 1.82) is 0 Å². The molecule has 0 aliphatic rings. The molecule has 2 rings (SSSR count). The molecule has 1 N–H and O–H groups in total. The van der Waals surface area contributed by atoms with E-state index in [1.54, 1.807) is 6.07 Å². The topological polar surface area (TPSA) is 24.9 Å². The van der Waals surface area contributed by atoms with Crippen LogP contribution in [0.25, 0.3) is 0 Å². The highest BCUT2D eigenvalue weighted by Gasteiger charge is 2.02. The van der Waals surface area contributed by atoms with E-state index in [2.05, 4.69) is 26.2 Å². The van der Waals surface area contributed by atoms with Gasteiger partial charge in [-0.2, -0.15) is 0 Å². The maximum absolute atomic E-state index is 13.0. The second-order valence-electron chi connectivity index (χ2n) is 3.80. The highest BCUT2D eigenvalue weighted by Crippen LogP contribution is 2.09. The molecule has 0 bridgehead atoms. The molecule has 0 aliphatic heterocycles. The Morgan fingerprint density at radius 1 is 1.06 bits per heavy atom. The number of aromatic nitrogens is 1. The molecule has 2 aromatic rings. The maximum atomic E-state index is 13.0. The fourth-order valence-corrected chi connectivity index (χ4v) is 1.91. The first-order valence-corrected chi connectivity index (χ1v) is 6.20. The third-order valence-corrected chi connectivity index (χ3v) is 2.83. The van der Waals surface area contributed by atoms with Gasteiger partial charge in [-0.15, -0.1) is 0 Å². The number of hydrogen-bond acceptors (Lipinski definition) is 2. The molecular weight excluding hydrogens is 302 g/mol. The SMILES string of the molecule is Fc1ccc(CNCc2cccc(Br)n2)cc1F. The van der Waals surface area contributed by atoms with Gasteiger partial charge in [0.15, 0.2) is 11.6 Å². The van der Waals surface area contributed by atoms with E-state index < -0.39 is 11.6 Å². The zero-order valence-corrected chi connectivity index (χ0v) is 11.0. The van der Waals surface area contributed by atoms with Gasteiger partial charge in [0.25, 0.3) is 0 Å². The van der Waals surface area contributed by atoms with E-state index in [4.69, 9.17) is 0 Å². The van der Waals surface area contributed by atoms with Crippen molar-refractivity contribution >= 4 is 15.9 Å². The van der Waals surface area contributed by atoms with Gasteiger partial charge in [0, 0.05) is 13.1 Å². The Labute approximate surface area is 112 Å². The molecule has 0 aliphatic carbocycles. The molecule has 0 amide bonds. The summed E-state index contributed by atoms with van der Waals surface area (Å²) in [5.74, 6) is -1.65. The third-order valence-electron chi connectivity index (χ3n) is 2.39. The monoisotopic (exact) mass is 312 g/mol. The highest BCUT2D eigenvalue weighted by atomic mass is 79.9. The van der Waals surface area contributed by atoms with Crippen LogP contribution in [0.3, 0.4) is 0 Å². The normalized spacial score (nSPS) is 10.6. The van der Waals surface area contributed by atoms with Crippen LogP contribution in [0, 0.1) is 11.6 Å². The fourth-order valence-electron chi connectivity index (χ4n) is 1.53. The molecule has 0 radical (unpaired) electrons. The number of benzene rings is 1. The summed E-state index contributed by atoms with van der Waals surface area (Å²) in [6.45, 7) is 1.03. The molecule has 0 spiro atoms. The number of halogens is 3. The first-order chi connectivity index (χ1) is 8.65. The second-order valence-corrected chi connectivity index (χ2v) is 4.62. The molecular formula is C13H11BrF2N2. The molecule has 18 heavy (non-hydrogen) atoms. The predicted molar refractivity (Wildman–Crippen MR) is 68.8 cm³/mol. The van der Waals surface area contributed by atoms with Crippen molar-refractivity contribution in [2.45, 2.75) is 13.1 Å². The predicted octanol–water partition coefficient (Wildman–Crippen LogP) is 3.41. The summed E-state index contributed by atoms with van der Waals surface area (Å²) in [5, 5.41) is 3.12. The summed E-state index contributed by atoms with van der Waals surface area (Å²) in [7, 11) is 0. The number of rotatable bonds is 4. The van der Waals surface area contributed by atoms with E-state index >= 15 is 0 Å². The van der Waals surface area contributed by atoms with Crippen molar-refractivity contribution in [2.24, 2.45) is 0 Å².